The van der Waals surface area contributed by atoms with Crippen LogP contribution in [0.4, 0.5) is 18.0 Å². The van der Waals surface area contributed by atoms with Gasteiger partial charge in [-0.25, -0.2) is 4.79 Å². The van der Waals surface area contributed by atoms with E-state index in [-0.39, 0.29) is 30.8 Å². The molecule has 51 heavy (non-hydrogen) atoms. The molecule has 6 atom stereocenters. The van der Waals surface area contributed by atoms with Crippen LogP contribution in [0.15, 0.2) is 12.7 Å². The van der Waals surface area contributed by atoms with Crippen LogP contribution >= 0.6 is 0 Å². The molecule has 2 aliphatic carbocycles. The van der Waals surface area contributed by atoms with Crippen molar-refractivity contribution in [3.8, 4) is 0 Å². The molecule has 0 aromatic rings. The number of likely N-dealkylation sites (tertiary alicyclic amines) is 2. The van der Waals surface area contributed by atoms with E-state index in [4.69, 9.17) is 0 Å². The van der Waals surface area contributed by atoms with Crippen molar-refractivity contribution in [3.05, 3.63) is 12.7 Å². The van der Waals surface area contributed by atoms with Gasteiger partial charge in [-0.3, -0.25) is 24.0 Å². The zero-order valence-corrected chi connectivity index (χ0v) is 30.5. The minimum Gasteiger partial charge on any atom is -0.346 e. The summed E-state index contributed by atoms with van der Waals surface area (Å²) in [6.07, 6.45) is 0.760. The van der Waals surface area contributed by atoms with Crippen molar-refractivity contribution in [1.29, 1.82) is 0 Å². The topological polar surface area (TPSA) is 157 Å². The SMILES string of the molecule is C=CCNC(=O)C(=O)C(CC(F)(F)F)NC(=O)[C@@H]1[C@@H]2[C@H](CN1C(=O)[C@@H](NC(=O)N[C@H](CN1CCCCC1=O)C(C)(C)C)C1CCCCC1)C2(C)C. The molecule has 0 bridgehead atoms. The van der Waals surface area contributed by atoms with Crippen LogP contribution in [0.25, 0.3) is 0 Å². The number of Topliss-reactive ketones (excluding diaryl/α,β-unsaturated/α-hetero) is 1. The van der Waals surface area contributed by atoms with Crippen LogP contribution in [0, 0.1) is 28.6 Å². The van der Waals surface area contributed by atoms with Crippen LogP contribution in [0.1, 0.15) is 92.4 Å². The predicted octanol–water partition coefficient (Wildman–Crippen LogP) is 3.45. The summed E-state index contributed by atoms with van der Waals surface area (Å²) < 4.78 is 40.8. The van der Waals surface area contributed by atoms with Crippen LogP contribution in [0.2, 0.25) is 0 Å². The number of carbonyl (C=O) groups is 6. The summed E-state index contributed by atoms with van der Waals surface area (Å²) in [5, 5.41) is 10.3. The molecule has 4 fully saturated rings. The molecule has 4 rings (SSSR count). The summed E-state index contributed by atoms with van der Waals surface area (Å²) in [6.45, 7) is 14.0. The lowest BCUT2D eigenvalue weighted by molar-refractivity contribution is -0.155. The molecule has 2 saturated carbocycles. The fourth-order valence-corrected chi connectivity index (χ4v) is 8.10. The number of hydrogen-bond donors (Lipinski definition) is 4. The highest BCUT2D eigenvalue weighted by molar-refractivity contribution is 6.38. The van der Waals surface area contributed by atoms with E-state index in [0.29, 0.717) is 32.4 Å². The van der Waals surface area contributed by atoms with Crippen LogP contribution in [0.5, 0.6) is 0 Å². The van der Waals surface area contributed by atoms with Crippen molar-refractivity contribution >= 4 is 35.4 Å². The standard InChI is InChI=1S/C36H55F3N6O6/c1-7-16-40-31(49)29(47)23(18-36(37,38)39)41-30(48)28-26-22(35(26,5)6)19-45(28)32(50)27(21-13-9-8-10-14-21)43-33(51)42-24(34(2,3)4)20-44-17-12-11-15-25(44)46/h7,21-24,26-28H,1,8-20H2,2-6H3,(H,40,49)(H,41,48)(H2,42,43,51)/t22-,23?,24+,26-,27-,28-/m0/s1. The number of nitrogens with one attached hydrogen (secondary N) is 4. The van der Waals surface area contributed by atoms with E-state index in [1.165, 1.54) is 11.0 Å². The Hall–Kier alpha value is -3.65. The van der Waals surface area contributed by atoms with E-state index < -0.39 is 83.0 Å². The largest absolute Gasteiger partial charge is 0.391 e. The zero-order valence-electron chi connectivity index (χ0n) is 30.5. The molecule has 6 amide bonds. The number of piperidine rings is 2. The third kappa shape index (κ3) is 9.82. The number of fused-ring (bicyclic) bond motifs is 1. The van der Waals surface area contributed by atoms with Gasteiger partial charge in [0.1, 0.15) is 18.1 Å². The molecule has 2 heterocycles. The Kier molecular flexibility index (Phi) is 12.5. The summed E-state index contributed by atoms with van der Waals surface area (Å²) in [6, 6.07) is -5.45. The Morgan fingerprint density at radius 1 is 0.980 bits per heavy atom. The average molecular weight is 725 g/mol. The Labute approximate surface area is 298 Å². The maximum atomic E-state index is 14.5. The molecule has 0 spiro atoms. The van der Waals surface area contributed by atoms with Crippen LogP contribution in [0.3, 0.4) is 0 Å². The van der Waals surface area contributed by atoms with Gasteiger partial charge < -0.3 is 31.1 Å². The van der Waals surface area contributed by atoms with Gasteiger partial charge in [-0.2, -0.15) is 13.2 Å². The first-order valence-electron chi connectivity index (χ1n) is 18.2. The summed E-state index contributed by atoms with van der Waals surface area (Å²) in [5.74, 6) is -4.95. The number of urea groups is 1. The lowest BCUT2D eigenvalue weighted by Crippen LogP contribution is -2.62. The van der Waals surface area contributed by atoms with Crippen molar-refractivity contribution in [2.45, 2.75) is 123 Å². The van der Waals surface area contributed by atoms with E-state index in [1.54, 1.807) is 4.90 Å². The second-order valence-electron chi connectivity index (χ2n) is 16.3. The maximum Gasteiger partial charge on any atom is 0.391 e. The van der Waals surface area contributed by atoms with Crippen molar-refractivity contribution < 1.29 is 41.9 Å². The van der Waals surface area contributed by atoms with Crippen molar-refractivity contribution in [2.75, 3.05) is 26.2 Å². The maximum absolute atomic E-state index is 14.5. The van der Waals surface area contributed by atoms with Crippen LogP contribution in [-0.4, -0.2) is 102 Å². The minimum atomic E-state index is -4.88. The van der Waals surface area contributed by atoms with E-state index >= 15 is 0 Å². The molecule has 1 unspecified atom stereocenters. The van der Waals surface area contributed by atoms with Gasteiger partial charge in [-0.05, 0) is 54.3 Å². The summed E-state index contributed by atoms with van der Waals surface area (Å²) in [4.78, 5) is 83.0. The lowest BCUT2D eigenvalue weighted by atomic mass is 9.83. The predicted molar refractivity (Wildman–Crippen MR) is 183 cm³/mol. The van der Waals surface area contributed by atoms with E-state index in [9.17, 15) is 41.9 Å². The second-order valence-corrected chi connectivity index (χ2v) is 16.3. The molecular formula is C36H55F3N6O6. The highest BCUT2D eigenvalue weighted by Gasteiger charge is 2.70. The monoisotopic (exact) mass is 724 g/mol. The second kappa shape index (κ2) is 15.9. The number of alkyl halides is 3. The number of hydrogen-bond acceptors (Lipinski definition) is 6. The number of amides is 6. The molecule has 0 aromatic carbocycles. The lowest BCUT2D eigenvalue weighted by Gasteiger charge is -2.39. The Morgan fingerprint density at radius 2 is 1.65 bits per heavy atom. The van der Waals surface area contributed by atoms with Crippen molar-refractivity contribution in [1.82, 2.24) is 31.1 Å². The smallest absolute Gasteiger partial charge is 0.346 e. The molecular weight excluding hydrogens is 669 g/mol. The fourth-order valence-electron chi connectivity index (χ4n) is 8.10. The highest BCUT2D eigenvalue weighted by Crippen LogP contribution is 2.65. The minimum absolute atomic E-state index is 0.0318. The fraction of sp³-hybridized carbons (Fsp3) is 0.778. The normalized spacial score (nSPS) is 25.2. The van der Waals surface area contributed by atoms with Gasteiger partial charge >= 0.3 is 12.2 Å². The quantitative estimate of drug-likeness (QED) is 0.169. The van der Waals surface area contributed by atoms with Gasteiger partial charge in [0.25, 0.3) is 5.91 Å². The van der Waals surface area contributed by atoms with Crippen LogP contribution in [-0.2, 0) is 24.0 Å². The summed E-state index contributed by atoms with van der Waals surface area (Å²) in [7, 11) is 0. The van der Waals surface area contributed by atoms with Gasteiger partial charge in [-0.15, -0.1) is 6.58 Å². The van der Waals surface area contributed by atoms with Gasteiger partial charge in [0, 0.05) is 32.6 Å². The molecule has 2 aliphatic heterocycles. The molecule has 286 valence electrons. The Morgan fingerprint density at radius 3 is 2.24 bits per heavy atom. The molecule has 12 nitrogen and oxygen atoms in total. The average Bonchev–Trinajstić information content (AvgIpc) is 3.36. The molecule has 15 heteroatoms. The Bertz CT molecular complexity index is 1360. The summed E-state index contributed by atoms with van der Waals surface area (Å²) in [5.41, 5.74) is -0.835. The first kappa shape index (κ1) is 40.1. The van der Waals surface area contributed by atoms with Gasteiger partial charge in [0.05, 0.1) is 12.5 Å². The third-order valence-electron chi connectivity index (χ3n) is 11.3. The third-order valence-corrected chi connectivity index (χ3v) is 11.3. The molecule has 0 radical (unpaired) electrons. The highest BCUT2D eigenvalue weighted by atomic mass is 19.4. The first-order valence-corrected chi connectivity index (χ1v) is 18.2. The van der Waals surface area contributed by atoms with E-state index in [2.05, 4.69) is 27.8 Å². The van der Waals surface area contributed by atoms with Crippen molar-refractivity contribution in [2.24, 2.45) is 28.6 Å². The van der Waals surface area contributed by atoms with Crippen molar-refractivity contribution in [3.63, 3.8) is 0 Å². The van der Waals surface area contributed by atoms with Gasteiger partial charge in [-0.1, -0.05) is 60.0 Å². The molecule has 2 saturated heterocycles. The first-order chi connectivity index (χ1) is 23.8. The van der Waals surface area contributed by atoms with E-state index in [0.717, 1.165) is 32.1 Å². The molecule has 4 aliphatic rings. The molecule has 0 aromatic heterocycles. The van der Waals surface area contributed by atoms with Gasteiger partial charge in [0.2, 0.25) is 23.5 Å². The number of ketones is 1. The number of nitrogens with zero attached hydrogens (tertiary/aromatic N) is 2. The number of carbonyl (C=O) groups excluding carboxylic acids is 6. The Balaban J connectivity index is 1.56. The number of halogens is 3. The number of rotatable bonds is 13. The molecule has 4 N–H and O–H groups in total. The van der Waals surface area contributed by atoms with E-state index in [1.807, 2.05) is 34.6 Å². The zero-order chi connectivity index (χ0) is 37.9. The van der Waals surface area contributed by atoms with Crippen LogP contribution < -0.4 is 21.3 Å². The summed E-state index contributed by atoms with van der Waals surface area (Å²) >= 11 is 0. The van der Waals surface area contributed by atoms with Gasteiger partial charge in [0.15, 0.2) is 0 Å².